The molecule has 3 heterocycles. The number of carbonyl (C=O) groups excluding carboxylic acids is 4. The minimum atomic E-state index is -0.801. The van der Waals surface area contributed by atoms with Gasteiger partial charge in [0, 0.05) is 45.4 Å². The molecule has 3 saturated heterocycles. The molecule has 0 radical (unpaired) electrons. The maximum absolute atomic E-state index is 12.1. The first-order valence-corrected chi connectivity index (χ1v) is 18.1. The van der Waals surface area contributed by atoms with E-state index in [1.807, 2.05) is 27.7 Å². The van der Waals surface area contributed by atoms with Gasteiger partial charge in [-0.2, -0.15) is 0 Å². The summed E-state index contributed by atoms with van der Waals surface area (Å²) in [7, 11) is 0. The predicted octanol–water partition coefficient (Wildman–Crippen LogP) is 4.12. The van der Waals surface area contributed by atoms with Gasteiger partial charge in [-0.1, -0.05) is 48.5 Å². The van der Waals surface area contributed by atoms with Crippen molar-refractivity contribution in [2.75, 3.05) is 25.6 Å². The maximum Gasteiger partial charge on any atom is 0.303 e. The summed E-state index contributed by atoms with van der Waals surface area (Å²) in [6.45, 7) is 19.5. The fraction of sp³-hybridized carbons (Fsp3) is 0.882. The molecule has 0 N–H and O–H groups in total. The van der Waals surface area contributed by atoms with Gasteiger partial charge in [-0.05, 0) is 23.5 Å². The van der Waals surface area contributed by atoms with Crippen LogP contribution in [0.2, 0.25) is 0 Å². The summed E-state index contributed by atoms with van der Waals surface area (Å²) < 4.78 is 54.5. The number of hydrogen-bond donors (Lipinski definition) is 0. The summed E-state index contributed by atoms with van der Waals surface area (Å²) >= 11 is 1.50. The van der Waals surface area contributed by atoms with Crippen LogP contribution in [0.3, 0.4) is 0 Å². The first-order chi connectivity index (χ1) is 22.5. The molecular formula is C34H56O13S. The van der Waals surface area contributed by atoms with Crippen molar-refractivity contribution in [2.24, 2.45) is 35.5 Å². The van der Waals surface area contributed by atoms with Gasteiger partial charge < -0.3 is 42.6 Å². The highest BCUT2D eigenvalue weighted by Gasteiger charge is 2.52. The van der Waals surface area contributed by atoms with Crippen LogP contribution >= 0.6 is 11.8 Å². The molecule has 3 rings (SSSR count). The molecule has 13 nitrogen and oxygen atoms in total. The molecule has 0 aromatic heterocycles. The average Bonchev–Trinajstić information content (AvgIpc) is 3.01. The molecular weight excluding hydrogens is 648 g/mol. The molecule has 0 spiro atoms. The highest BCUT2D eigenvalue weighted by atomic mass is 32.2. The fourth-order valence-electron chi connectivity index (χ4n) is 6.60. The number of carbonyl (C=O) groups is 4. The molecule has 6 unspecified atom stereocenters. The standard InChI is InChI=1S/C34H56O13S/c1-12-48-34-31(42-25(11)38)21(7)30(28(45-34)15-41-24(10)37)47-33-20(6)18(4)29(27(44-33)14-40-23(9)36)46-32-19(5)16(2)17(3)26(43-32)13-39-22(8)35/h16-21,26-34H,12-15H2,1-11H3/t16-,17-,18+,19?,20?,21-,26?,27?,28?,29-,30-,31?,32-,33-,34-/m0/s1. The Morgan fingerprint density at radius 1 is 0.521 bits per heavy atom. The Balaban J connectivity index is 1.87. The van der Waals surface area contributed by atoms with Crippen molar-refractivity contribution in [3.63, 3.8) is 0 Å². The van der Waals surface area contributed by atoms with Crippen LogP contribution in [-0.2, 0) is 61.8 Å². The Hall–Kier alpha value is -1.97. The molecule has 0 amide bonds. The summed E-state index contributed by atoms with van der Waals surface area (Å²) in [6, 6.07) is 0. The van der Waals surface area contributed by atoms with E-state index in [1.54, 1.807) is 0 Å². The third-order valence-electron chi connectivity index (χ3n) is 9.98. The highest BCUT2D eigenvalue weighted by Crippen LogP contribution is 2.42. The van der Waals surface area contributed by atoms with Crippen molar-refractivity contribution in [3.05, 3.63) is 0 Å². The third-order valence-corrected chi connectivity index (χ3v) is 11.0. The second-order valence-corrected chi connectivity index (χ2v) is 14.8. The van der Waals surface area contributed by atoms with Crippen molar-refractivity contribution in [3.8, 4) is 0 Å². The van der Waals surface area contributed by atoms with Gasteiger partial charge in [-0.3, -0.25) is 19.2 Å². The van der Waals surface area contributed by atoms with Crippen LogP contribution in [0.5, 0.6) is 0 Å². The van der Waals surface area contributed by atoms with Crippen molar-refractivity contribution >= 4 is 35.6 Å². The first-order valence-electron chi connectivity index (χ1n) is 17.0. The normalized spacial score (nSPS) is 40.0. The van der Waals surface area contributed by atoms with Crippen LogP contribution in [0.25, 0.3) is 0 Å². The van der Waals surface area contributed by atoms with Gasteiger partial charge in [0.25, 0.3) is 0 Å². The molecule has 3 aliphatic rings. The summed E-state index contributed by atoms with van der Waals surface area (Å²) in [6.07, 6.45) is -5.02. The third kappa shape index (κ3) is 10.5. The minimum absolute atomic E-state index is 0.00819. The van der Waals surface area contributed by atoms with Gasteiger partial charge in [0.15, 0.2) is 12.6 Å². The van der Waals surface area contributed by atoms with E-state index < -0.39 is 66.4 Å². The van der Waals surface area contributed by atoms with Gasteiger partial charge in [0.1, 0.15) is 43.6 Å². The number of ether oxygens (including phenoxy) is 9. The van der Waals surface area contributed by atoms with E-state index in [0.29, 0.717) is 5.75 Å². The van der Waals surface area contributed by atoms with Gasteiger partial charge >= 0.3 is 23.9 Å². The lowest BCUT2D eigenvalue weighted by Crippen LogP contribution is -2.60. The van der Waals surface area contributed by atoms with Crippen LogP contribution < -0.4 is 0 Å². The van der Waals surface area contributed by atoms with E-state index in [4.69, 9.17) is 42.6 Å². The number of hydrogen-bond acceptors (Lipinski definition) is 14. The van der Waals surface area contributed by atoms with E-state index in [2.05, 4.69) is 20.8 Å². The zero-order valence-corrected chi connectivity index (χ0v) is 31.0. The molecule has 276 valence electrons. The van der Waals surface area contributed by atoms with Crippen molar-refractivity contribution in [2.45, 2.75) is 131 Å². The molecule has 0 bridgehead atoms. The van der Waals surface area contributed by atoms with Crippen LogP contribution in [0, 0.1) is 35.5 Å². The lowest BCUT2D eigenvalue weighted by molar-refractivity contribution is -0.344. The topological polar surface area (TPSA) is 151 Å². The molecule has 15 atom stereocenters. The number of esters is 4. The van der Waals surface area contributed by atoms with Crippen LogP contribution in [0.4, 0.5) is 0 Å². The highest BCUT2D eigenvalue weighted by molar-refractivity contribution is 7.99. The quantitative estimate of drug-likeness (QED) is 0.200. The first kappa shape index (κ1) is 40.5. The summed E-state index contributed by atoms with van der Waals surface area (Å²) in [5.74, 6) is -1.44. The second-order valence-electron chi connectivity index (χ2n) is 13.4. The van der Waals surface area contributed by atoms with Gasteiger partial charge in [0.2, 0.25) is 0 Å². The molecule has 0 aromatic rings. The predicted molar refractivity (Wildman–Crippen MR) is 174 cm³/mol. The van der Waals surface area contributed by atoms with E-state index in [9.17, 15) is 19.2 Å². The van der Waals surface area contributed by atoms with E-state index >= 15 is 0 Å². The fourth-order valence-corrected chi connectivity index (χ4v) is 7.64. The smallest absolute Gasteiger partial charge is 0.303 e. The number of thioether (sulfide) groups is 1. The molecule has 3 aliphatic heterocycles. The Bertz CT molecular complexity index is 1090. The van der Waals surface area contributed by atoms with Crippen molar-refractivity contribution < 1.29 is 61.8 Å². The lowest BCUT2D eigenvalue weighted by atomic mass is 9.78. The Labute approximate surface area is 289 Å². The van der Waals surface area contributed by atoms with Crippen molar-refractivity contribution in [1.29, 1.82) is 0 Å². The van der Waals surface area contributed by atoms with Crippen LogP contribution in [-0.4, -0.2) is 104 Å². The molecule has 0 saturated carbocycles. The van der Waals surface area contributed by atoms with Crippen molar-refractivity contribution in [1.82, 2.24) is 0 Å². The summed E-state index contributed by atoms with van der Waals surface area (Å²) in [5.41, 5.74) is -0.486. The van der Waals surface area contributed by atoms with Gasteiger partial charge in [0.05, 0.1) is 18.3 Å². The monoisotopic (exact) mass is 704 g/mol. The molecule has 14 heteroatoms. The summed E-state index contributed by atoms with van der Waals surface area (Å²) in [5, 5.41) is 0. The Kier molecular flexibility index (Phi) is 15.4. The Morgan fingerprint density at radius 2 is 0.958 bits per heavy atom. The molecule has 0 aliphatic carbocycles. The molecule has 3 fully saturated rings. The van der Waals surface area contributed by atoms with E-state index in [1.165, 1.54) is 39.5 Å². The minimum Gasteiger partial charge on any atom is -0.463 e. The largest absolute Gasteiger partial charge is 0.463 e. The molecule has 0 aromatic carbocycles. The zero-order chi connectivity index (χ0) is 35.9. The maximum atomic E-state index is 12.1. The average molecular weight is 705 g/mol. The Morgan fingerprint density at radius 3 is 1.44 bits per heavy atom. The zero-order valence-electron chi connectivity index (χ0n) is 30.2. The van der Waals surface area contributed by atoms with Gasteiger partial charge in [-0.25, -0.2) is 0 Å². The van der Waals surface area contributed by atoms with E-state index in [-0.39, 0.29) is 67.4 Å². The SMILES string of the molecule is CCS[C@@H]1OC(COC(C)=O)[C@@H](O[C@@H]2OC(COC(C)=O)[C@@H](O[C@@H]3OC(COC(C)=O)[C@@H](C)[C@H](C)C3C)[C@H](C)C2C)[C@H](C)C1OC(C)=O. The van der Waals surface area contributed by atoms with E-state index in [0.717, 1.165) is 0 Å². The van der Waals surface area contributed by atoms with Crippen LogP contribution in [0.1, 0.15) is 76.2 Å². The van der Waals surface area contributed by atoms with Gasteiger partial charge in [-0.15, -0.1) is 11.8 Å². The summed E-state index contributed by atoms with van der Waals surface area (Å²) in [4.78, 5) is 47.4. The number of rotatable bonds is 13. The lowest BCUT2D eigenvalue weighted by Gasteiger charge is -2.50. The van der Waals surface area contributed by atoms with Crippen LogP contribution in [0.15, 0.2) is 0 Å². The second kappa shape index (κ2) is 18.3. The molecule has 48 heavy (non-hydrogen) atoms.